The lowest BCUT2D eigenvalue weighted by Gasteiger charge is -2.31. The zero-order chi connectivity index (χ0) is 23.9. The van der Waals surface area contributed by atoms with Gasteiger partial charge >= 0.3 is 12.2 Å². The molecule has 0 saturated heterocycles. The van der Waals surface area contributed by atoms with Crippen molar-refractivity contribution in [3.63, 3.8) is 0 Å². The fraction of sp³-hybridized carbons (Fsp3) is 0.0952. The number of hydrogen-bond donors (Lipinski definition) is 2. The molecule has 34 heavy (non-hydrogen) atoms. The Morgan fingerprint density at radius 2 is 1.59 bits per heavy atom. The molecule has 13 heteroatoms. The maximum Gasteiger partial charge on any atom is 0.507 e. The third-order valence-corrected chi connectivity index (χ3v) is 4.56. The third kappa shape index (κ3) is 4.02. The van der Waals surface area contributed by atoms with Crippen LogP contribution in [0, 0.1) is 5.82 Å². The van der Waals surface area contributed by atoms with E-state index >= 15 is 0 Å². The Morgan fingerprint density at radius 1 is 0.824 bits per heavy atom. The van der Waals surface area contributed by atoms with E-state index in [1.165, 1.54) is 18.5 Å². The summed E-state index contributed by atoms with van der Waals surface area (Å²) in [5.41, 5.74) is 1.25. The molecular formula is C21H12F5N5O3. The van der Waals surface area contributed by atoms with Crippen LogP contribution in [0.5, 0.6) is 11.5 Å². The van der Waals surface area contributed by atoms with Gasteiger partial charge in [-0.15, -0.1) is 0 Å². The topological polar surface area (TPSA) is 94.3 Å². The Labute approximate surface area is 187 Å². The van der Waals surface area contributed by atoms with E-state index in [0.29, 0.717) is 17.1 Å². The molecule has 174 valence electrons. The highest BCUT2D eigenvalue weighted by molar-refractivity contribution is 5.66. The van der Waals surface area contributed by atoms with E-state index in [0.717, 1.165) is 18.3 Å². The number of oxazole rings is 1. The summed E-state index contributed by atoms with van der Waals surface area (Å²) in [7, 11) is 0. The number of rotatable bonds is 5. The molecule has 0 saturated carbocycles. The SMILES string of the molecule is Fc1cnc(Nc2cccc(-c3ncco3)c2)nc1Nc1ccc2c(c1)OC(F)(F)C(F)(F)O2. The van der Waals surface area contributed by atoms with Crippen LogP contribution >= 0.6 is 0 Å². The van der Waals surface area contributed by atoms with Crippen LogP contribution in [0.2, 0.25) is 0 Å². The van der Waals surface area contributed by atoms with Crippen molar-refractivity contribution in [3.05, 3.63) is 66.9 Å². The Bertz CT molecular complexity index is 1350. The van der Waals surface area contributed by atoms with Crippen molar-refractivity contribution in [1.82, 2.24) is 15.0 Å². The molecule has 0 amide bonds. The molecule has 2 N–H and O–H groups in total. The van der Waals surface area contributed by atoms with Crippen molar-refractivity contribution in [1.29, 1.82) is 0 Å². The first-order valence-corrected chi connectivity index (χ1v) is 9.54. The van der Waals surface area contributed by atoms with Crippen molar-refractivity contribution >= 4 is 23.1 Å². The lowest BCUT2D eigenvalue weighted by atomic mass is 10.2. The number of halogens is 5. The molecule has 2 aromatic carbocycles. The summed E-state index contributed by atoms with van der Waals surface area (Å²) in [5, 5.41) is 5.48. The van der Waals surface area contributed by atoms with Gasteiger partial charge in [-0.25, -0.2) is 14.4 Å². The summed E-state index contributed by atoms with van der Waals surface area (Å²) in [6.45, 7) is 0. The molecule has 0 fully saturated rings. The number of fused-ring (bicyclic) bond motifs is 1. The molecule has 3 heterocycles. The number of anilines is 4. The van der Waals surface area contributed by atoms with Gasteiger partial charge in [-0.2, -0.15) is 22.5 Å². The molecule has 0 unspecified atom stereocenters. The van der Waals surface area contributed by atoms with Crippen LogP contribution in [0.3, 0.4) is 0 Å². The van der Waals surface area contributed by atoms with Crippen LogP contribution < -0.4 is 20.1 Å². The fourth-order valence-corrected chi connectivity index (χ4v) is 3.02. The maximum atomic E-state index is 14.3. The van der Waals surface area contributed by atoms with E-state index in [9.17, 15) is 22.0 Å². The highest BCUT2D eigenvalue weighted by Gasteiger charge is 2.65. The van der Waals surface area contributed by atoms with Crippen molar-refractivity contribution < 1.29 is 35.8 Å². The first-order chi connectivity index (χ1) is 16.2. The predicted molar refractivity (Wildman–Crippen MR) is 108 cm³/mol. The zero-order valence-electron chi connectivity index (χ0n) is 16.7. The van der Waals surface area contributed by atoms with Crippen molar-refractivity contribution in [3.8, 4) is 23.0 Å². The van der Waals surface area contributed by atoms with Crippen molar-refractivity contribution in [2.45, 2.75) is 12.2 Å². The van der Waals surface area contributed by atoms with Crippen LogP contribution in [0.15, 0.2) is 65.5 Å². The molecule has 0 aliphatic carbocycles. The molecule has 0 radical (unpaired) electrons. The number of hydrogen-bond acceptors (Lipinski definition) is 8. The highest BCUT2D eigenvalue weighted by atomic mass is 19.3. The molecule has 2 aromatic heterocycles. The monoisotopic (exact) mass is 477 g/mol. The second-order valence-electron chi connectivity index (χ2n) is 6.96. The van der Waals surface area contributed by atoms with Crippen molar-refractivity contribution in [2.24, 2.45) is 0 Å². The fourth-order valence-electron chi connectivity index (χ4n) is 3.02. The Hall–Kier alpha value is -4.42. The van der Waals surface area contributed by atoms with Gasteiger partial charge in [-0.05, 0) is 30.3 Å². The minimum Gasteiger partial charge on any atom is -0.445 e. The Balaban J connectivity index is 1.37. The smallest absolute Gasteiger partial charge is 0.445 e. The van der Waals surface area contributed by atoms with Gasteiger partial charge < -0.3 is 24.5 Å². The Kier molecular flexibility index (Phi) is 4.96. The largest absolute Gasteiger partial charge is 0.507 e. The van der Waals surface area contributed by atoms with Crippen molar-refractivity contribution in [2.75, 3.05) is 10.6 Å². The van der Waals surface area contributed by atoms with Gasteiger partial charge in [0.25, 0.3) is 0 Å². The normalized spacial score (nSPS) is 15.6. The number of benzene rings is 2. The molecule has 1 aliphatic rings. The van der Waals surface area contributed by atoms with E-state index in [-0.39, 0.29) is 17.5 Å². The zero-order valence-corrected chi connectivity index (χ0v) is 16.7. The summed E-state index contributed by atoms with van der Waals surface area (Å²) in [6.07, 6.45) is -5.89. The molecular weight excluding hydrogens is 465 g/mol. The van der Waals surface area contributed by atoms with E-state index in [1.807, 2.05) is 0 Å². The average Bonchev–Trinajstić information content (AvgIpc) is 3.32. The van der Waals surface area contributed by atoms with Crippen LogP contribution in [0.1, 0.15) is 0 Å². The quantitative estimate of drug-likeness (QED) is 0.353. The molecule has 1 aliphatic heterocycles. The van der Waals surface area contributed by atoms with Gasteiger partial charge in [0.2, 0.25) is 11.8 Å². The average molecular weight is 477 g/mol. The summed E-state index contributed by atoms with van der Waals surface area (Å²) in [5.74, 6) is -2.01. The summed E-state index contributed by atoms with van der Waals surface area (Å²) >= 11 is 0. The van der Waals surface area contributed by atoms with Crippen LogP contribution in [-0.2, 0) is 0 Å². The van der Waals surface area contributed by atoms with Gasteiger partial charge in [-0.1, -0.05) is 6.07 Å². The minimum absolute atomic E-state index is 0.0113. The predicted octanol–water partition coefficient (Wildman–Crippen LogP) is 5.71. The van der Waals surface area contributed by atoms with E-state index in [4.69, 9.17) is 4.42 Å². The molecule has 0 atom stereocenters. The maximum absolute atomic E-state index is 14.3. The van der Waals surface area contributed by atoms with Gasteiger partial charge in [0, 0.05) is 23.0 Å². The standard InChI is InChI=1S/C21H12F5N5O3/c22-14-10-28-19(30-12-3-1-2-11(8-12)18-27-6-7-32-18)31-17(14)29-13-4-5-15-16(9-13)34-21(25,26)20(23,24)33-15/h1-10H,(H2,28,29,30,31). The molecule has 0 spiro atoms. The lowest BCUT2D eigenvalue weighted by Crippen LogP contribution is -2.52. The highest BCUT2D eigenvalue weighted by Crippen LogP contribution is 2.47. The number of alkyl halides is 4. The van der Waals surface area contributed by atoms with Gasteiger partial charge in [-0.3, -0.25) is 0 Å². The number of nitrogens with zero attached hydrogens (tertiary/aromatic N) is 3. The molecule has 5 rings (SSSR count). The molecule has 0 bridgehead atoms. The lowest BCUT2D eigenvalue weighted by molar-refractivity contribution is -0.391. The Morgan fingerprint density at radius 3 is 2.35 bits per heavy atom. The summed E-state index contributed by atoms with van der Waals surface area (Å²) in [6, 6.07) is 10.1. The third-order valence-electron chi connectivity index (χ3n) is 4.56. The van der Waals surface area contributed by atoms with Crippen LogP contribution in [-0.4, -0.2) is 27.2 Å². The van der Waals surface area contributed by atoms with E-state index in [1.54, 1.807) is 24.3 Å². The molecule has 8 nitrogen and oxygen atoms in total. The van der Waals surface area contributed by atoms with Gasteiger partial charge in [0.15, 0.2) is 23.1 Å². The minimum atomic E-state index is -4.88. The first-order valence-electron chi connectivity index (χ1n) is 9.54. The van der Waals surface area contributed by atoms with Crippen LogP contribution in [0.4, 0.5) is 45.1 Å². The van der Waals surface area contributed by atoms with E-state index in [2.05, 4.69) is 35.1 Å². The summed E-state index contributed by atoms with van der Waals surface area (Å²) < 4.78 is 81.1. The number of aromatic nitrogens is 3. The van der Waals surface area contributed by atoms with E-state index < -0.39 is 29.5 Å². The summed E-state index contributed by atoms with van der Waals surface area (Å²) in [4.78, 5) is 12.0. The molecule has 4 aromatic rings. The second kappa shape index (κ2) is 7.86. The number of nitrogens with one attached hydrogen (secondary N) is 2. The van der Waals surface area contributed by atoms with Crippen LogP contribution in [0.25, 0.3) is 11.5 Å². The second-order valence-corrected chi connectivity index (χ2v) is 6.96. The van der Waals surface area contributed by atoms with Gasteiger partial charge in [0.1, 0.15) is 6.26 Å². The number of ether oxygens (including phenoxy) is 2. The van der Waals surface area contributed by atoms with Gasteiger partial charge in [0.05, 0.1) is 12.4 Å². The first kappa shape index (κ1) is 21.4.